The van der Waals surface area contributed by atoms with Crippen LogP contribution in [0.2, 0.25) is 0 Å². The minimum atomic E-state index is -0.106. The Balaban J connectivity index is 1.78. The van der Waals surface area contributed by atoms with Crippen LogP contribution in [0.15, 0.2) is 23.1 Å². The lowest BCUT2D eigenvalue weighted by Gasteiger charge is -2.36. The minimum absolute atomic E-state index is 0.106. The predicted octanol–water partition coefficient (Wildman–Crippen LogP) is 4.31. The third kappa shape index (κ3) is 3.19. The molecule has 150 valence electrons. The van der Waals surface area contributed by atoms with Crippen LogP contribution in [0.4, 0.5) is 0 Å². The molecule has 0 saturated heterocycles. The van der Waals surface area contributed by atoms with E-state index >= 15 is 0 Å². The number of aryl methyl sites for hydroxylation is 2. The van der Waals surface area contributed by atoms with Crippen molar-refractivity contribution in [1.82, 2.24) is 24.1 Å². The van der Waals surface area contributed by atoms with Crippen molar-refractivity contribution in [3.05, 3.63) is 40.2 Å². The van der Waals surface area contributed by atoms with Crippen LogP contribution in [0.1, 0.15) is 70.8 Å². The Morgan fingerprint density at radius 1 is 1.21 bits per heavy atom. The van der Waals surface area contributed by atoms with Crippen molar-refractivity contribution in [2.45, 2.75) is 65.7 Å². The summed E-state index contributed by atoms with van der Waals surface area (Å²) < 4.78 is 3.80. The molecule has 3 aromatic rings. The molecule has 3 heterocycles. The van der Waals surface area contributed by atoms with E-state index in [2.05, 4.69) is 25.8 Å². The topological polar surface area (TPSA) is 68.0 Å². The van der Waals surface area contributed by atoms with Crippen LogP contribution in [0.25, 0.3) is 17.0 Å². The van der Waals surface area contributed by atoms with Gasteiger partial charge < -0.3 is 9.55 Å². The van der Waals surface area contributed by atoms with E-state index in [1.54, 1.807) is 0 Å². The summed E-state index contributed by atoms with van der Waals surface area (Å²) in [6.45, 7) is 9.06. The summed E-state index contributed by atoms with van der Waals surface area (Å²) in [4.78, 5) is 20.8. The van der Waals surface area contributed by atoms with Crippen LogP contribution in [0, 0.1) is 11.3 Å². The zero-order chi connectivity index (χ0) is 20.1. The van der Waals surface area contributed by atoms with Gasteiger partial charge in [0, 0.05) is 19.2 Å². The number of hydrogen-bond donors (Lipinski definition) is 1. The van der Waals surface area contributed by atoms with Crippen molar-refractivity contribution in [3.63, 3.8) is 0 Å². The molecule has 0 amide bonds. The average Bonchev–Trinajstić information content (AvgIpc) is 3.24. The molecule has 0 aliphatic heterocycles. The maximum atomic E-state index is 12.9. The van der Waals surface area contributed by atoms with Gasteiger partial charge in [-0.05, 0) is 55.6 Å². The van der Waals surface area contributed by atoms with Crippen molar-refractivity contribution in [1.29, 1.82) is 0 Å². The highest BCUT2D eigenvalue weighted by Crippen LogP contribution is 2.43. The number of aromatic nitrogens is 5. The molecule has 0 unspecified atom stereocenters. The molecule has 0 aromatic carbocycles. The van der Waals surface area contributed by atoms with Crippen LogP contribution >= 0.6 is 0 Å². The Hall–Kier alpha value is -2.37. The first-order valence-corrected chi connectivity index (χ1v) is 10.4. The average molecular weight is 382 g/mol. The maximum Gasteiger partial charge on any atom is 0.277 e. The summed E-state index contributed by atoms with van der Waals surface area (Å²) in [7, 11) is 1.96. The Bertz CT molecular complexity index is 1040. The smallest absolute Gasteiger partial charge is 0.277 e. The molecule has 0 radical (unpaired) electrons. The molecular formula is C22H31N5O. The van der Waals surface area contributed by atoms with Crippen LogP contribution in [-0.2, 0) is 13.5 Å². The van der Waals surface area contributed by atoms with Gasteiger partial charge in [-0.3, -0.25) is 4.79 Å². The molecule has 1 saturated carbocycles. The molecule has 0 spiro atoms. The van der Waals surface area contributed by atoms with E-state index in [1.165, 1.54) is 12.8 Å². The summed E-state index contributed by atoms with van der Waals surface area (Å²) in [5.41, 5.74) is 2.59. The van der Waals surface area contributed by atoms with E-state index in [4.69, 9.17) is 10.1 Å². The standard InChI is InChI=1S/C22H31N5O/c1-6-16-18-21(28)24-19(17-8-7-13-26(17)5)25-27(18)20(23-16)14-9-11-15(12-10-14)22(2,3)4/h7-8,13-15H,6,9-12H2,1-5H3,(H,24,25,28). The Kier molecular flexibility index (Phi) is 4.68. The fraction of sp³-hybridized carbons (Fsp3) is 0.591. The number of fused-ring (bicyclic) bond motifs is 1. The number of aromatic amines is 1. The number of H-pyrrole nitrogens is 1. The fourth-order valence-corrected chi connectivity index (χ4v) is 4.65. The summed E-state index contributed by atoms with van der Waals surface area (Å²) in [6, 6.07) is 3.93. The van der Waals surface area contributed by atoms with Gasteiger partial charge in [0.15, 0.2) is 11.3 Å². The predicted molar refractivity (Wildman–Crippen MR) is 112 cm³/mol. The molecule has 28 heavy (non-hydrogen) atoms. The highest BCUT2D eigenvalue weighted by Gasteiger charge is 2.32. The largest absolute Gasteiger partial charge is 0.348 e. The second-order valence-corrected chi connectivity index (χ2v) is 9.25. The first-order valence-electron chi connectivity index (χ1n) is 10.4. The van der Waals surface area contributed by atoms with Crippen molar-refractivity contribution in [2.75, 3.05) is 0 Å². The normalized spacial score (nSPS) is 20.8. The Labute approximate surface area is 166 Å². The summed E-state index contributed by atoms with van der Waals surface area (Å²) in [6.07, 6.45) is 7.32. The highest BCUT2D eigenvalue weighted by atomic mass is 16.1. The minimum Gasteiger partial charge on any atom is -0.348 e. The molecule has 0 bridgehead atoms. The molecule has 0 atom stereocenters. The summed E-state index contributed by atoms with van der Waals surface area (Å²) in [5, 5.41) is 4.83. The lowest BCUT2D eigenvalue weighted by molar-refractivity contribution is 0.167. The third-order valence-corrected chi connectivity index (χ3v) is 6.44. The molecular weight excluding hydrogens is 350 g/mol. The van der Waals surface area contributed by atoms with Gasteiger partial charge in [0.2, 0.25) is 0 Å². The number of hydrogen-bond acceptors (Lipinski definition) is 3. The molecule has 1 aliphatic carbocycles. The maximum absolute atomic E-state index is 12.9. The van der Waals surface area contributed by atoms with Gasteiger partial charge in [0.25, 0.3) is 5.56 Å². The van der Waals surface area contributed by atoms with E-state index in [0.29, 0.717) is 22.7 Å². The van der Waals surface area contributed by atoms with Crippen molar-refractivity contribution in [2.24, 2.45) is 18.4 Å². The lowest BCUT2D eigenvalue weighted by Crippen LogP contribution is -2.26. The molecule has 1 aliphatic rings. The fourth-order valence-electron chi connectivity index (χ4n) is 4.65. The quantitative estimate of drug-likeness (QED) is 0.735. The van der Waals surface area contributed by atoms with Gasteiger partial charge in [-0.1, -0.05) is 27.7 Å². The van der Waals surface area contributed by atoms with Gasteiger partial charge in [0.1, 0.15) is 5.82 Å². The second kappa shape index (κ2) is 6.90. The Morgan fingerprint density at radius 2 is 1.93 bits per heavy atom. The van der Waals surface area contributed by atoms with E-state index in [0.717, 1.165) is 42.4 Å². The summed E-state index contributed by atoms with van der Waals surface area (Å²) in [5.74, 6) is 2.66. The molecule has 4 rings (SSSR count). The van der Waals surface area contributed by atoms with E-state index in [-0.39, 0.29) is 5.56 Å². The zero-order valence-electron chi connectivity index (χ0n) is 17.6. The van der Waals surface area contributed by atoms with Crippen LogP contribution < -0.4 is 5.56 Å². The van der Waals surface area contributed by atoms with Crippen LogP contribution in [-0.4, -0.2) is 24.1 Å². The van der Waals surface area contributed by atoms with E-state index in [1.807, 2.05) is 41.4 Å². The number of nitrogens with one attached hydrogen (secondary N) is 1. The van der Waals surface area contributed by atoms with E-state index in [9.17, 15) is 4.79 Å². The van der Waals surface area contributed by atoms with Crippen molar-refractivity contribution < 1.29 is 0 Å². The van der Waals surface area contributed by atoms with E-state index < -0.39 is 0 Å². The molecule has 6 heteroatoms. The molecule has 3 aromatic heterocycles. The number of imidazole rings is 1. The molecule has 6 nitrogen and oxygen atoms in total. The second-order valence-electron chi connectivity index (χ2n) is 9.25. The zero-order valence-corrected chi connectivity index (χ0v) is 17.6. The molecule has 1 fully saturated rings. The van der Waals surface area contributed by atoms with Gasteiger partial charge in [-0.25, -0.2) is 9.50 Å². The van der Waals surface area contributed by atoms with Gasteiger partial charge in [-0.2, -0.15) is 0 Å². The van der Waals surface area contributed by atoms with Gasteiger partial charge >= 0.3 is 0 Å². The first-order chi connectivity index (χ1) is 13.3. The first kappa shape index (κ1) is 19.0. The Morgan fingerprint density at radius 3 is 2.50 bits per heavy atom. The molecule has 1 N–H and O–H groups in total. The monoisotopic (exact) mass is 381 g/mol. The number of nitrogens with zero attached hydrogens (tertiary/aromatic N) is 4. The summed E-state index contributed by atoms with van der Waals surface area (Å²) >= 11 is 0. The third-order valence-electron chi connectivity index (χ3n) is 6.44. The lowest BCUT2D eigenvalue weighted by atomic mass is 9.70. The highest BCUT2D eigenvalue weighted by molar-refractivity contribution is 5.56. The van der Waals surface area contributed by atoms with Gasteiger partial charge in [0.05, 0.1) is 11.4 Å². The van der Waals surface area contributed by atoms with Crippen LogP contribution in [0.3, 0.4) is 0 Å². The van der Waals surface area contributed by atoms with Gasteiger partial charge in [-0.15, -0.1) is 5.10 Å². The number of rotatable bonds is 3. The van der Waals surface area contributed by atoms with Crippen LogP contribution in [0.5, 0.6) is 0 Å². The van der Waals surface area contributed by atoms with Crippen molar-refractivity contribution in [3.8, 4) is 11.5 Å². The van der Waals surface area contributed by atoms with Crippen molar-refractivity contribution >= 4 is 5.52 Å². The SMILES string of the molecule is CCc1nc(C2CCC(C(C)(C)C)CC2)n2nc(-c3cccn3C)[nH]c(=O)c12.